The van der Waals surface area contributed by atoms with Crippen LogP contribution in [0.3, 0.4) is 0 Å². The molecule has 0 saturated carbocycles. The first-order valence-corrected chi connectivity index (χ1v) is 7.04. The lowest BCUT2D eigenvalue weighted by Crippen LogP contribution is -2.13. The van der Waals surface area contributed by atoms with Gasteiger partial charge in [-0.1, -0.05) is 6.07 Å². The molecule has 2 N–H and O–H groups in total. The monoisotopic (exact) mass is 290 g/mol. The van der Waals surface area contributed by atoms with Crippen molar-refractivity contribution in [2.45, 2.75) is 19.3 Å². The Hall–Kier alpha value is -2.21. The number of hydrogen-bond donors (Lipinski definition) is 2. The van der Waals surface area contributed by atoms with Crippen molar-refractivity contribution in [1.29, 1.82) is 0 Å². The number of thiophene rings is 1. The van der Waals surface area contributed by atoms with Gasteiger partial charge in [-0.15, -0.1) is 11.3 Å². The van der Waals surface area contributed by atoms with Crippen molar-refractivity contribution in [3.05, 3.63) is 46.3 Å². The molecular weight excluding hydrogens is 276 g/mol. The van der Waals surface area contributed by atoms with Crippen LogP contribution in [0.5, 0.6) is 0 Å². The third-order valence-electron chi connectivity index (χ3n) is 2.68. The van der Waals surface area contributed by atoms with Crippen molar-refractivity contribution in [2.24, 2.45) is 0 Å². The number of pyridine rings is 1. The number of carboxylic acids is 1. The zero-order chi connectivity index (χ0) is 14.4. The van der Waals surface area contributed by atoms with Gasteiger partial charge in [-0.3, -0.25) is 4.79 Å². The molecule has 2 aromatic rings. The fraction of sp³-hybridized carbons (Fsp3) is 0.214. The van der Waals surface area contributed by atoms with E-state index in [1.54, 1.807) is 11.3 Å². The Morgan fingerprint density at radius 1 is 1.35 bits per heavy atom. The van der Waals surface area contributed by atoms with E-state index < -0.39 is 5.97 Å². The lowest BCUT2D eigenvalue weighted by molar-refractivity contribution is -0.116. The number of anilines is 1. The molecule has 1 amide bonds. The summed E-state index contributed by atoms with van der Waals surface area (Å²) >= 11 is 1.67. The third-order valence-corrected chi connectivity index (χ3v) is 3.62. The number of aryl methyl sites for hydroxylation is 1. The summed E-state index contributed by atoms with van der Waals surface area (Å²) in [6, 6.07) is 6.76. The summed E-state index contributed by atoms with van der Waals surface area (Å²) in [7, 11) is 0. The zero-order valence-corrected chi connectivity index (χ0v) is 11.5. The first-order valence-electron chi connectivity index (χ1n) is 6.17. The minimum absolute atomic E-state index is 0.105. The Balaban J connectivity index is 1.82. The smallest absolute Gasteiger partial charge is 0.335 e. The van der Waals surface area contributed by atoms with Gasteiger partial charge < -0.3 is 10.4 Å². The molecule has 0 aliphatic rings. The van der Waals surface area contributed by atoms with Gasteiger partial charge in [0.25, 0.3) is 0 Å². The van der Waals surface area contributed by atoms with E-state index in [1.807, 2.05) is 17.5 Å². The number of nitrogens with zero attached hydrogens (tertiary/aromatic N) is 1. The van der Waals surface area contributed by atoms with E-state index in [2.05, 4.69) is 10.3 Å². The van der Waals surface area contributed by atoms with Crippen LogP contribution >= 0.6 is 11.3 Å². The first-order chi connectivity index (χ1) is 9.65. The molecule has 2 heterocycles. The molecule has 6 heteroatoms. The van der Waals surface area contributed by atoms with E-state index in [0.29, 0.717) is 6.42 Å². The number of carbonyl (C=O) groups excluding carboxylic acids is 1. The van der Waals surface area contributed by atoms with E-state index in [9.17, 15) is 9.59 Å². The lowest BCUT2D eigenvalue weighted by atomic mass is 10.2. The average Bonchev–Trinajstić information content (AvgIpc) is 2.92. The molecule has 5 nitrogen and oxygen atoms in total. The summed E-state index contributed by atoms with van der Waals surface area (Å²) in [5, 5.41) is 13.5. The number of nitrogens with one attached hydrogen (secondary N) is 1. The van der Waals surface area contributed by atoms with E-state index in [1.165, 1.54) is 23.2 Å². The van der Waals surface area contributed by atoms with E-state index in [4.69, 9.17) is 5.11 Å². The van der Waals surface area contributed by atoms with Gasteiger partial charge in [0.1, 0.15) is 5.82 Å². The standard InChI is InChI=1S/C14H14N2O3S/c17-13(5-1-3-11-4-2-8-20-11)16-12-9-10(14(18)19)6-7-15-12/h2,4,6-9H,1,3,5H2,(H,18,19)(H,15,16,17). The summed E-state index contributed by atoms with van der Waals surface area (Å²) in [5.74, 6) is -0.928. The van der Waals surface area contributed by atoms with Crippen LogP contribution < -0.4 is 5.32 Å². The summed E-state index contributed by atoms with van der Waals surface area (Å²) < 4.78 is 0. The zero-order valence-electron chi connectivity index (χ0n) is 10.7. The number of rotatable bonds is 6. The molecule has 0 saturated heterocycles. The van der Waals surface area contributed by atoms with Crippen LogP contribution in [0, 0.1) is 0 Å². The Labute approximate surface area is 120 Å². The molecule has 0 spiro atoms. The lowest BCUT2D eigenvalue weighted by Gasteiger charge is -2.04. The average molecular weight is 290 g/mol. The second-order valence-electron chi connectivity index (χ2n) is 4.22. The van der Waals surface area contributed by atoms with Crippen molar-refractivity contribution in [3.63, 3.8) is 0 Å². The molecule has 2 aromatic heterocycles. The predicted octanol–water partition coefficient (Wildman–Crippen LogP) is 2.80. The highest BCUT2D eigenvalue weighted by Gasteiger charge is 2.07. The van der Waals surface area contributed by atoms with Crippen LogP contribution in [0.2, 0.25) is 0 Å². The number of carbonyl (C=O) groups is 2. The van der Waals surface area contributed by atoms with Gasteiger partial charge >= 0.3 is 5.97 Å². The minimum atomic E-state index is -1.04. The second kappa shape index (κ2) is 6.81. The van der Waals surface area contributed by atoms with E-state index in [-0.39, 0.29) is 17.3 Å². The van der Waals surface area contributed by atoms with E-state index in [0.717, 1.165) is 12.8 Å². The van der Waals surface area contributed by atoms with Crippen LogP contribution in [-0.4, -0.2) is 22.0 Å². The summed E-state index contributed by atoms with van der Waals surface area (Å²) in [4.78, 5) is 27.7. The van der Waals surface area contributed by atoms with Crippen molar-refractivity contribution in [3.8, 4) is 0 Å². The maximum absolute atomic E-state index is 11.7. The normalized spacial score (nSPS) is 10.2. The third kappa shape index (κ3) is 4.17. The molecule has 0 radical (unpaired) electrons. The van der Waals surface area contributed by atoms with Crippen LogP contribution in [-0.2, 0) is 11.2 Å². The van der Waals surface area contributed by atoms with E-state index >= 15 is 0 Å². The molecule has 0 fully saturated rings. The Bertz CT molecular complexity index is 596. The SMILES string of the molecule is O=C(CCCc1cccs1)Nc1cc(C(=O)O)ccn1. The Morgan fingerprint density at radius 2 is 2.20 bits per heavy atom. The predicted molar refractivity (Wildman–Crippen MR) is 77.1 cm³/mol. The van der Waals surface area contributed by atoms with Gasteiger partial charge in [-0.05, 0) is 36.4 Å². The molecule has 0 unspecified atom stereocenters. The van der Waals surface area contributed by atoms with Crippen molar-refractivity contribution in [1.82, 2.24) is 4.98 Å². The number of hydrogen-bond acceptors (Lipinski definition) is 4. The Morgan fingerprint density at radius 3 is 2.90 bits per heavy atom. The van der Waals surface area contributed by atoms with Gasteiger partial charge in [0, 0.05) is 17.5 Å². The van der Waals surface area contributed by atoms with Crippen LogP contribution in [0.4, 0.5) is 5.82 Å². The summed E-state index contributed by atoms with van der Waals surface area (Å²) in [6.45, 7) is 0. The highest BCUT2D eigenvalue weighted by Crippen LogP contribution is 2.13. The largest absolute Gasteiger partial charge is 0.478 e. The van der Waals surface area contributed by atoms with Crippen molar-refractivity contribution in [2.75, 3.05) is 5.32 Å². The molecule has 20 heavy (non-hydrogen) atoms. The Kier molecular flexibility index (Phi) is 4.84. The number of aromatic carboxylic acids is 1. The van der Waals surface area contributed by atoms with Crippen LogP contribution in [0.15, 0.2) is 35.8 Å². The first kappa shape index (κ1) is 14.2. The van der Waals surface area contributed by atoms with Gasteiger partial charge in [0.2, 0.25) is 5.91 Å². The fourth-order valence-corrected chi connectivity index (χ4v) is 2.47. The highest BCUT2D eigenvalue weighted by molar-refractivity contribution is 7.09. The van der Waals surface area contributed by atoms with Gasteiger partial charge in [0.05, 0.1) is 5.56 Å². The molecule has 0 aliphatic heterocycles. The molecule has 0 atom stereocenters. The number of carboxylic acid groups (broad SMARTS) is 1. The van der Waals surface area contributed by atoms with Crippen LogP contribution in [0.25, 0.3) is 0 Å². The highest BCUT2D eigenvalue weighted by atomic mass is 32.1. The van der Waals surface area contributed by atoms with Crippen LogP contribution in [0.1, 0.15) is 28.1 Å². The number of amides is 1. The molecule has 2 rings (SSSR count). The van der Waals surface area contributed by atoms with Crippen molar-refractivity contribution < 1.29 is 14.7 Å². The maximum atomic E-state index is 11.7. The van der Waals surface area contributed by atoms with Gasteiger partial charge in [0.15, 0.2) is 0 Å². The fourth-order valence-electron chi connectivity index (χ4n) is 1.72. The molecule has 0 aromatic carbocycles. The summed E-state index contributed by atoms with van der Waals surface area (Å²) in [5.41, 5.74) is 0.105. The van der Waals surface area contributed by atoms with Gasteiger partial charge in [-0.25, -0.2) is 9.78 Å². The molecule has 104 valence electrons. The van der Waals surface area contributed by atoms with Crippen molar-refractivity contribution >= 4 is 29.0 Å². The quantitative estimate of drug-likeness (QED) is 0.857. The second-order valence-corrected chi connectivity index (χ2v) is 5.25. The van der Waals surface area contributed by atoms with Gasteiger partial charge in [-0.2, -0.15) is 0 Å². The summed E-state index contributed by atoms with van der Waals surface area (Å²) in [6.07, 6.45) is 3.38. The topological polar surface area (TPSA) is 79.3 Å². The minimum Gasteiger partial charge on any atom is -0.478 e. The molecule has 0 bridgehead atoms. The number of aromatic nitrogens is 1. The molecule has 0 aliphatic carbocycles. The maximum Gasteiger partial charge on any atom is 0.335 e. The molecular formula is C14H14N2O3S.